The van der Waals surface area contributed by atoms with E-state index >= 15 is 4.39 Å². The van der Waals surface area contributed by atoms with Gasteiger partial charge in [0.05, 0.1) is 44.9 Å². The van der Waals surface area contributed by atoms with Crippen LogP contribution in [0.1, 0.15) is 76.1 Å². The molecule has 0 saturated carbocycles. The minimum Gasteiger partial charge on any atom is -0.497 e. The van der Waals surface area contributed by atoms with Gasteiger partial charge in [-0.25, -0.2) is 4.39 Å². The summed E-state index contributed by atoms with van der Waals surface area (Å²) >= 11 is 0. The smallest absolute Gasteiger partial charge is 0.305 e. The van der Waals surface area contributed by atoms with E-state index in [1.807, 2.05) is 67.6 Å². The molecule has 87 heavy (non-hydrogen) atoms. The monoisotopic (exact) mass is 1210 g/mol. The van der Waals surface area contributed by atoms with Crippen molar-refractivity contribution in [3.63, 3.8) is 0 Å². The number of aliphatic carboxylic acids is 1. The number of likely N-dealkylation sites (N-methyl/N-ethyl adjacent to an activating group) is 2. The van der Waals surface area contributed by atoms with Crippen LogP contribution in [-0.4, -0.2) is 174 Å². The molecule has 4 aromatic carbocycles. The molecule has 472 valence electrons. The van der Waals surface area contributed by atoms with E-state index in [9.17, 15) is 68.4 Å². The Morgan fingerprint density at radius 2 is 1.22 bits per heavy atom. The number of carbonyl (C=O) groups is 10. The fourth-order valence-electron chi connectivity index (χ4n) is 9.13. The molecule has 0 radical (unpaired) electrons. The summed E-state index contributed by atoms with van der Waals surface area (Å²) in [6.07, 6.45) is -3.49. The number of halogens is 1. The lowest BCUT2D eigenvalue weighted by molar-refractivity contribution is -0.142. The van der Waals surface area contributed by atoms with Crippen molar-refractivity contribution in [2.75, 3.05) is 34.4 Å². The molecule has 0 aromatic heterocycles. The molecule has 0 spiro atoms. The molecular weight excluding hydrogens is 1130 g/mol. The van der Waals surface area contributed by atoms with E-state index in [1.54, 1.807) is 19.2 Å². The molecule has 0 bridgehead atoms. The number of aryl methyl sites for hydroxylation is 2. The van der Waals surface area contributed by atoms with E-state index in [1.165, 1.54) is 39.2 Å². The number of rotatable bonds is 34. The average molecular weight is 1210 g/mol. The first-order valence-electron chi connectivity index (χ1n) is 28.3. The first kappa shape index (κ1) is 70.6. The molecule has 1 unspecified atom stereocenters. The van der Waals surface area contributed by atoms with Crippen LogP contribution >= 0.6 is 0 Å². The minimum atomic E-state index is -2.27. The summed E-state index contributed by atoms with van der Waals surface area (Å²) in [5.74, 6) is -10.9. The molecule has 0 aliphatic rings. The fraction of sp³-hybridized carbons (Fsp3) is 0.443. The average Bonchev–Trinajstić information content (AvgIpc) is 2.19. The summed E-state index contributed by atoms with van der Waals surface area (Å²) in [6.45, 7) is 4.99. The molecule has 0 saturated heterocycles. The highest BCUT2D eigenvalue weighted by Crippen LogP contribution is 2.29. The molecule has 0 aliphatic heterocycles. The van der Waals surface area contributed by atoms with E-state index in [0.29, 0.717) is 30.6 Å². The van der Waals surface area contributed by atoms with Crippen LogP contribution in [0.15, 0.2) is 97.1 Å². The Morgan fingerprint density at radius 1 is 0.632 bits per heavy atom. The fourth-order valence-corrected chi connectivity index (χ4v) is 9.13. The maximum atomic E-state index is 15.2. The van der Waals surface area contributed by atoms with Crippen LogP contribution in [-0.2, 0) is 73.6 Å². The Bertz CT molecular complexity index is 3020. The van der Waals surface area contributed by atoms with Crippen molar-refractivity contribution in [2.45, 2.75) is 140 Å². The van der Waals surface area contributed by atoms with Gasteiger partial charge in [-0.05, 0) is 112 Å². The van der Waals surface area contributed by atoms with Crippen LogP contribution in [0.5, 0.6) is 5.75 Å². The molecule has 4 aromatic rings. The molecule has 10 atom stereocenters. The SMILES string of the molecule is CCc1cc(OC)ccc1-c1ccc(C[C@H](NC(=O)[C@H](CC(=O)O)NC(=O)[C@H](CO)NC(=O)[C@@H](NC(=O)[C@](C)(Cc2ccccc2F)NC(=O)[C@@H](NC(=O)CNC(=O)[C@H](C)NC)[C@@H](C)O)[C@@H](C)O)C(=O)NC(CCCc2ccccc2)C(=O)NC)cc1. The van der Waals surface area contributed by atoms with Crippen molar-refractivity contribution in [2.24, 2.45) is 0 Å². The molecule has 0 fully saturated rings. The van der Waals surface area contributed by atoms with Crippen LogP contribution in [0, 0.1) is 5.82 Å². The predicted octanol–water partition coefficient (Wildman–Crippen LogP) is -0.646. The Balaban J connectivity index is 1.60. The summed E-state index contributed by atoms with van der Waals surface area (Å²) in [7, 11) is 4.47. The molecule has 9 amide bonds. The number of methoxy groups -OCH3 is 1. The Kier molecular flexibility index (Phi) is 27.9. The second-order valence-electron chi connectivity index (χ2n) is 21.1. The Labute approximate surface area is 504 Å². The lowest BCUT2D eigenvalue weighted by Gasteiger charge is -2.34. The van der Waals surface area contributed by atoms with Crippen LogP contribution in [0.3, 0.4) is 0 Å². The molecule has 0 aliphatic carbocycles. The largest absolute Gasteiger partial charge is 0.497 e. The van der Waals surface area contributed by atoms with Crippen molar-refractivity contribution < 1.29 is 77.5 Å². The third kappa shape index (κ3) is 21.6. The van der Waals surface area contributed by atoms with Crippen LogP contribution in [0.4, 0.5) is 4.39 Å². The Hall–Kier alpha value is -8.85. The van der Waals surface area contributed by atoms with Gasteiger partial charge >= 0.3 is 5.97 Å². The number of nitrogens with one attached hydrogen (secondary N) is 10. The second-order valence-corrected chi connectivity index (χ2v) is 21.1. The van der Waals surface area contributed by atoms with Crippen molar-refractivity contribution in [1.29, 1.82) is 0 Å². The van der Waals surface area contributed by atoms with Gasteiger partial charge < -0.3 is 78.3 Å². The zero-order valence-electron chi connectivity index (χ0n) is 50.0. The predicted molar refractivity (Wildman–Crippen MR) is 317 cm³/mol. The molecule has 14 N–H and O–H groups in total. The third-order valence-electron chi connectivity index (χ3n) is 14.3. The van der Waals surface area contributed by atoms with Gasteiger partial charge in [-0.3, -0.25) is 47.9 Å². The topological polar surface area (TPSA) is 381 Å². The first-order valence-corrected chi connectivity index (χ1v) is 28.3. The van der Waals surface area contributed by atoms with Crippen molar-refractivity contribution in [3.05, 3.63) is 125 Å². The minimum absolute atomic E-state index is 0.135. The molecule has 4 rings (SSSR count). The summed E-state index contributed by atoms with van der Waals surface area (Å²) in [5, 5.41) is 66.1. The highest BCUT2D eigenvalue weighted by molar-refractivity contribution is 6.00. The number of carboxylic acid groups (broad SMARTS) is 1. The molecule has 26 heteroatoms. The molecule has 25 nitrogen and oxygen atoms in total. The number of ether oxygens (including phenoxy) is 1. The van der Waals surface area contributed by atoms with Gasteiger partial charge in [-0.2, -0.15) is 0 Å². The Morgan fingerprint density at radius 3 is 1.80 bits per heavy atom. The summed E-state index contributed by atoms with van der Waals surface area (Å²) in [5.41, 5.74) is 1.85. The van der Waals surface area contributed by atoms with E-state index in [2.05, 4.69) is 53.2 Å². The standard InChI is InChI=1S/C61H81FN10O15/c1-9-39-29-42(87-8)26-27-43(39)40-24-22-38(23-25-40)28-46(55(81)66-45(54(80)64-7)21-15-18-37-16-11-10-12-17-37)67-56(82)47(30-50(77)78)68-57(83)48(33-73)69-58(84)51(35(3)74)71-60(86)61(5,31-41-19-13-14-20-44(41)62)72-59(85)52(36(4)75)70-49(76)32-65-53(79)34(2)63-6/h10-14,16-17,19-20,22-27,29,34-36,45-48,51-52,63,73-75H,9,15,18,21,28,30-33H2,1-8H3,(H,64,80)(H,65,79)(H,66,81)(H,67,82)(H,68,83)(H,69,84)(H,70,76)(H,71,86)(H,72,85)(H,77,78)/t34-,35+,36+,45?,46-,47-,48-,51-,52-,61-/m0/s1. The number of aliphatic hydroxyl groups is 3. The van der Waals surface area contributed by atoms with Crippen molar-refractivity contribution in [1.82, 2.24) is 53.2 Å². The van der Waals surface area contributed by atoms with Gasteiger partial charge in [0.2, 0.25) is 53.2 Å². The number of hydrogen-bond donors (Lipinski definition) is 14. The maximum absolute atomic E-state index is 15.2. The van der Waals surface area contributed by atoms with Crippen LogP contribution < -0.4 is 57.9 Å². The summed E-state index contributed by atoms with van der Waals surface area (Å²) < 4.78 is 20.6. The summed E-state index contributed by atoms with van der Waals surface area (Å²) in [6, 6.07) is 16.2. The number of aliphatic hydroxyl groups excluding tert-OH is 3. The number of carboxylic acids is 1. The maximum Gasteiger partial charge on any atom is 0.305 e. The lowest BCUT2D eigenvalue weighted by Crippen LogP contribution is -2.67. The van der Waals surface area contributed by atoms with E-state index < -0.39 is 151 Å². The van der Waals surface area contributed by atoms with Gasteiger partial charge in [-0.1, -0.05) is 85.8 Å². The normalized spacial score (nSPS) is 14.9. The third-order valence-corrected chi connectivity index (χ3v) is 14.3. The quantitative estimate of drug-likeness (QED) is 0.0276. The number of hydrogen-bond acceptors (Lipinski definition) is 15. The van der Waals surface area contributed by atoms with E-state index in [-0.39, 0.29) is 18.4 Å². The van der Waals surface area contributed by atoms with Crippen molar-refractivity contribution >= 4 is 59.1 Å². The second kappa shape index (κ2) is 34.3. The van der Waals surface area contributed by atoms with Gasteiger partial charge in [0.1, 0.15) is 53.4 Å². The zero-order chi connectivity index (χ0) is 64.5. The van der Waals surface area contributed by atoms with Gasteiger partial charge in [-0.15, -0.1) is 0 Å². The van der Waals surface area contributed by atoms with Gasteiger partial charge in [0.15, 0.2) is 0 Å². The lowest BCUT2D eigenvalue weighted by atomic mass is 9.90. The highest BCUT2D eigenvalue weighted by atomic mass is 19.1. The van der Waals surface area contributed by atoms with Gasteiger partial charge in [0.25, 0.3) is 0 Å². The van der Waals surface area contributed by atoms with Crippen LogP contribution in [0.2, 0.25) is 0 Å². The molecule has 0 heterocycles. The number of amides is 9. The molecular formula is C61H81FN10O15. The van der Waals surface area contributed by atoms with E-state index in [4.69, 9.17) is 4.74 Å². The highest BCUT2D eigenvalue weighted by Gasteiger charge is 2.42. The van der Waals surface area contributed by atoms with Crippen molar-refractivity contribution in [3.8, 4) is 16.9 Å². The van der Waals surface area contributed by atoms with E-state index in [0.717, 1.165) is 49.1 Å². The number of benzene rings is 4. The first-order chi connectivity index (χ1) is 41.3. The van der Waals surface area contributed by atoms with Crippen LogP contribution in [0.25, 0.3) is 11.1 Å². The summed E-state index contributed by atoms with van der Waals surface area (Å²) in [4.78, 5) is 136. The van der Waals surface area contributed by atoms with Gasteiger partial charge in [0, 0.05) is 19.9 Å². The zero-order valence-corrected chi connectivity index (χ0v) is 50.0. The number of carbonyl (C=O) groups excluding carboxylic acids is 9.